The molecule has 0 aliphatic carbocycles. The van der Waals surface area contributed by atoms with E-state index < -0.39 is 0 Å². The summed E-state index contributed by atoms with van der Waals surface area (Å²) in [5, 5.41) is 3.70. The number of ether oxygens (including phenoxy) is 1. The highest BCUT2D eigenvalue weighted by atomic mass is 32.1. The standard InChI is InChI=1S/C29H35NO2S/c1-20-9-14-27(33-20)24-7-6-8-25(16-24)32-19-21-10-12-23(13-11-21)26(31)15-22-17-28(2,3)30-29(4,5)18-22/h6-14,16,22,30H,15,17-19H2,1-5H3. The first-order valence-corrected chi connectivity index (χ1v) is 12.6. The Kier molecular flexibility index (Phi) is 6.78. The maximum atomic E-state index is 12.9. The number of thiophene rings is 1. The molecule has 33 heavy (non-hydrogen) atoms. The average molecular weight is 462 g/mol. The van der Waals surface area contributed by atoms with Crippen LogP contribution in [0.25, 0.3) is 10.4 Å². The highest BCUT2D eigenvalue weighted by Crippen LogP contribution is 2.35. The number of carbonyl (C=O) groups is 1. The van der Waals surface area contributed by atoms with Gasteiger partial charge in [-0.1, -0.05) is 36.4 Å². The minimum atomic E-state index is 0.0630. The Hall–Kier alpha value is -2.43. The van der Waals surface area contributed by atoms with Gasteiger partial charge in [-0.2, -0.15) is 0 Å². The van der Waals surface area contributed by atoms with E-state index in [4.69, 9.17) is 4.74 Å². The van der Waals surface area contributed by atoms with E-state index in [2.05, 4.69) is 64.2 Å². The van der Waals surface area contributed by atoms with Crippen LogP contribution in [-0.4, -0.2) is 16.9 Å². The van der Waals surface area contributed by atoms with Crippen molar-refractivity contribution in [3.05, 3.63) is 76.7 Å². The van der Waals surface area contributed by atoms with Gasteiger partial charge in [0.25, 0.3) is 0 Å². The van der Waals surface area contributed by atoms with Crippen LogP contribution in [0.4, 0.5) is 0 Å². The lowest BCUT2D eigenvalue weighted by molar-refractivity contribution is 0.0864. The van der Waals surface area contributed by atoms with Gasteiger partial charge in [-0.05, 0) is 88.8 Å². The van der Waals surface area contributed by atoms with Gasteiger partial charge in [-0.3, -0.25) is 4.79 Å². The summed E-state index contributed by atoms with van der Waals surface area (Å²) >= 11 is 1.79. The summed E-state index contributed by atoms with van der Waals surface area (Å²) in [5.41, 5.74) is 3.16. The van der Waals surface area contributed by atoms with E-state index in [-0.39, 0.29) is 16.9 Å². The lowest BCUT2D eigenvalue weighted by Gasteiger charge is -2.46. The zero-order chi connectivity index (χ0) is 23.6. The third-order valence-corrected chi connectivity index (χ3v) is 7.34. The average Bonchev–Trinajstić information content (AvgIpc) is 3.17. The largest absolute Gasteiger partial charge is 0.489 e. The van der Waals surface area contributed by atoms with Gasteiger partial charge in [-0.25, -0.2) is 0 Å². The smallest absolute Gasteiger partial charge is 0.163 e. The molecule has 0 saturated carbocycles. The van der Waals surface area contributed by atoms with Crippen molar-refractivity contribution < 1.29 is 9.53 Å². The predicted octanol–water partition coefficient (Wildman–Crippen LogP) is 7.43. The molecule has 0 amide bonds. The SMILES string of the molecule is Cc1ccc(-c2cccc(OCc3ccc(C(=O)CC4CC(C)(C)NC(C)(C)C4)cc3)c2)s1. The first kappa shape index (κ1) is 23.7. The molecule has 0 radical (unpaired) electrons. The summed E-state index contributed by atoms with van der Waals surface area (Å²) in [6, 6.07) is 20.4. The summed E-state index contributed by atoms with van der Waals surface area (Å²) in [6.45, 7) is 11.5. The number of hydrogen-bond acceptors (Lipinski definition) is 4. The highest BCUT2D eigenvalue weighted by molar-refractivity contribution is 7.15. The van der Waals surface area contributed by atoms with Crippen LogP contribution in [0, 0.1) is 12.8 Å². The number of benzene rings is 2. The molecule has 1 aromatic heterocycles. The number of nitrogens with one attached hydrogen (secondary N) is 1. The molecule has 4 rings (SSSR count). The molecule has 2 aromatic carbocycles. The van der Waals surface area contributed by atoms with Crippen molar-refractivity contribution in [3.8, 4) is 16.2 Å². The summed E-state index contributed by atoms with van der Waals surface area (Å²) in [5.74, 6) is 1.50. The molecule has 0 atom stereocenters. The second-order valence-electron chi connectivity index (χ2n) is 10.7. The van der Waals surface area contributed by atoms with Gasteiger partial charge < -0.3 is 10.1 Å². The molecule has 1 aliphatic rings. The number of aryl methyl sites for hydroxylation is 1. The van der Waals surface area contributed by atoms with Gasteiger partial charge in [0.2, 0.25) is 0 Å². The molecule has 0 unspecified atom stereocenters. The molecule has 1 saturated heterocycles. The molecule has 0 spiro atoms. The van der Waals surface area contributed by atoms with Crippen LogP contribution in [-0.2, 0) is 6.61 Å². The van der Waals surface area contributed by atoms with Crippen molar-refractivity contribution in [1.82, 2.24) is 5.32 Å². The summed E-state index contributed by atoms with van der Waals surface area (Å²) < 4.78 is 6.04. The van der Waals surface area contributed by atoms with Gasteiger partial charge in [0.05, 0.1) is 0 Å². The number of Topliss-reactive ketones (excluding diaryl/α,β-unsaturated/α-hetero) is 1. The van der Waals surface area contributed by atoms with Crippen LogP contribution in [0.15, 0.2) is 60.7 Å². The Morgan fingerprint density at radius 1 is 1.00 bits per heavy atom. The lowest BCUT2D eigenvalue weighted by Crippen LogP contribution is -2.57. The number of hydrogen-bond donors (Lipinski definition) is 1. The van der Waals surface area contributed by atoms with Crippen molar-refractivity contribution in [2.45, 2.75) is 71.6 Å². The lowest BCUT2D eigenvalue weighted by atomic mass is 9.74. The second kappa shape index (κ2) is 9.44. The van der Waals surface area contributed by atoms with Crippen LogP contribution < -0.4 is 10.1 Å². The Balaban J connectivity index is 1.34. The zero-order valence-electron chi connectivity index (χ0n) is 20.4. The van der Waals surface area contributed by atoms with Crippen molar-refractivity contribution >= 4 is 17.1 Å². The second-order valence-corrected chi connectivity index (χ2v) is 12.0. The van der Waals surface area contributed by atoms with Gasteiger partial charge >= 0.3 is 0 Å². The van der Waals surface area contributed by atoms with Crippen LogP contribution in [0.3, 0.4) is 0 Å². The van der Waals surface area contributed by atoms with Crippen molar-refractivity contribution in [1.29, 1.82) is 0 Å². The monoisotopic (exact) mass is 461 g/mol. The summed E-state index contributed by atoms with van der Waals surface area (Å²) in [6.07, 6.45) is 2.66. The molecule has 4 heteroatoms. The van der Waals surface area contributed by atoms with E-state index in [1.165, 1.54) is 15.3 Å². The fourth-order valence-electron chi connectivity index (χ4n) is 5.34. The van der Waals surface area contributed by atoms with Crippen LogP contribution in [0.5, 0.6) is 5.75 Å². The third-order valence-electron chi connectivity index (χ3n) is 6.29. The number of rotatable bonds is 7. The Morgan fingerprint density at radius 2 is 1.70 bits per heavy atom. The van der Waals surface area contributed by atoms with Crippen LogP contribution in [0.2, 0.25) is 0 Å². The quantitative estimate of drug-likeness (QED) is 0.372. The molecule has 1 fully saturated rings. The molecule has 1 aliphatic heterocycles. The molecule has 3 nitrogen and oxygen atoms in total. The van der Waals surface area contributed by atoms with Crippen LogP contribution >= 0.6 is 11.3 Å². The fraction of sp³-hybridized carbons (Fsp3) is 0.414. The van der Waals surface area contributed by atoms with E-state index in [1.54, 1.807) is 11.3 Å². The third kappa shape index (κ3) is 6.33. The van der Waals surface area contributed by atoms with Gasteiger partial charge in [0.1, 0.15) is 12.4 Å². The zero-order valence-corrected chi connectivity index (χ0v) is 21.2. The normalized spacial score (nSPS) is 17.6. The highest BCUT2D eigenvalue weighted by Gasteiger charge is 2.38. The Labute approximate surface area is 202 Å². The van der Waals surface area contributed by atoms with Crippen LogP contribution in [0.1, 0.15) is 67.8 Å². The van der Waals surface area contributed by atoms with E-state index in [0.29, 0.717) is 18.9 Å². The first-order valence-electron chi connectivity index (χ1n) is 11.8. The van der Waals surface area contributed by atoms with Crippen molar-refractivity contribution in [3.63, 3.8) is 0 Å². The molecular weight excluding hydrogens is 426 g/mol. The van der Waals surface area contributed by atoms with Gasteiger partial charge in [0.15, 0.2) is 5.78 Å². The minimum absolute atomic E-state index is 0.0630. The van der Waals surface area contributed by atoms with Gasteiger partial charge in [0, 0.05) is 32.8 Å². The molecular formula is C29H35NO2S. The first-order chi connectivity index (χ1) is 15.6. The van der Waals surface area contributed by atoms with Crippen molar-refractivity contribution in [2.75, 3.05) is 0 Å². The molecule has 0 bridgehead atoms. The van der Waals surface area contributed by atoms with E-state index in [9.17, 15) is 4.79 Å². The Bertz CT molecular complexity index is 1090. The van der Waals surface area contributed by atoms with E-state index in [0.717, 1.165) is 29.7 Å². The van der Waals surface area contributed by atoms with E-state index >= 15 is 0 Å². The maximum Gasteiger partial charge on any atom is 0.163 e. The van der Waals surface area contributed by atoms with Gasteiger partial charge in [-0.15, -0.1) is 11.3 Å². The molecule has 2 heterocycles. The number of carbonyl (C=O) groups excluding carboxylic acids is 1. The summed E-state index contributed by atoms with van der Waals surface area (Å²) in [7, 11) is 0. The predicted molar refractivity (Wildman–Crippen MR) is 138 cm³/mol. The maximum absolute atomic E-state index is 12.9. The summed E-state index contributed by atoms with van der Waals surface area (Å²) in [4.78, 5) is 15.5. The Morgan fingerprint density at radius 3 is 2.33 bits per heavy atom. The fourth-order valence-corrected chi connectivity index (χ4v) is 6.20. The topological polar surface area (TPSA) is 38.3 Å². The molecule has 174 valence electrons. The van der Waals surface area contributed by atoms with Crippen molar-refractivity contribution in [2.24, 2.45) is 5.92 Å². The number of ketones is 1. The molecule has 3 aromatic rings. The number of piperidine rings is 1. The molecule has 1 N–H and O–H groups in total. The minimum Gasteiger partial charge on any atom is -0.489 e. The van der Waals surface area contributed by atoms with E-state index in [1.807, 2.05) is 36.4 Å².